The van der Waals surface area contributed by atoms with E-state index in [2.05, 4.69) is 44.2 Å². The lowest BCUT2D eigenvalue weighted by Gasteiger charge is -2.28. The van der Waals surface area contributed by atoms with Gasteiger partial charge in [-0.15, -0.1) is 0 Å². The third-order valence-corrected chi connectivity index (χ3v) is 7.92. The molecular weight excluding hydrogens is 624 g/mol. The standard InChI is InChI=1S/C33H48N6O7S/c1-17(2)12-22-28(41)35-23(13-19-15-34-21-11-9-8-10-20(19)21)29(42)36-24(14-26(40)46-33(5,6)7)30(43)38-25(16-47)31(44)39-27(18(3)4)32(45)37-22/h8-11,15,17-18,22-25,27,34,47H,12-14,16H2,1-7H3,(H,35,41)(H,36,42)(H,37,45)(H,38,43)(H,39,44)/t22-,23+,24+,25-,27+/m0/s1. The molecule has 5 amide bonds. The predicted octanol–water partition coefficient (Wildman–Crippen LogP) is 1.51. The number of fused-ring (bicyclic) bond motifs is 1. The van der Waals surface area contributed by atoms with E-state index < -0.39 is 77.7 Å². The van der Waals surface area contributed by atoms with E-state index in [0.717, 1.165) is 16.5 Å². The van der Waals surface area contributed by atoms with Gasteiger partial charge in [0.1, 0.15) is 35.8 Å². The van der Waals surface area contributed by atoms with E-state index in [9.17, 15) is 28.8 Å². The maximum atomic E-state index is 14.0. The maximum Gasteiger partial charge on any atom is 0.308 e. The van der Waals surface area contributed by atoms with Crippen molar-refractivity contribution in [2.24, 2.45) is 11.8 Å². The molecule has 47 heavy (non-hydrogen) atoms. The van der Waals surface area contributed by atoms with Gasteiger partial charge in [0, 0.05) is 29.3 Å². The lowest BCUT2D eigenvalue weighted by Crippen LogP contribution is -2.59. The fourth-order valence-electron chi connectivity index (χ4n) is 5.25. The fourth-order valence-corrected chi connectivity index (χ4v) is 5.51. The Hall–Kier alpha value is -4.07. The van der Waals surface area contributed by atoms with Gasteiger partial charge in [0.15, 0.2) is 0 Å². The molecule has 1 saturated heterocycles. The quantitative estimate of drug-likeness (QED) is 0.164. The van der Waals surface area contributed by atoms with Crippen LogP contribution in [0.4, 0.5) is 0 Å². The summed E-state index contributed by atoms with van der Waals surface area (Å²) in [6.07, 6.45) is 1.46. The van der Waals surface area contributed by atoms with E-state index in [4.69, 9.17) is 4.74 Å². The van der Waals surface area contributed by atoms with E-state index in [1.807, 2.05) is 38.1 Å². The van der Waals surface area contributed by atoms with E-state index in [1.54, 1.807) is 40.8 Å². The van der Waals surface area contributed by atoms with Gasteiger partial charge >= 0.3 is 5.97 Å². The van der Waals surface area contributed by atoms with Crippen molar-refractivity contribution in [1.82, 2.24) is 31.6 Å². The summed E-state index contributed by atoms with van der Waals surface area (Å²) in [5, 5.41) is 14.2. The van der Waals surface area contributed by atoms with Crippen LogP contribution in [0.25, 0.3) is 10.9 Å². The van der Waals surface area contributed by atoms with Gasteiger partial charge in [-0.25, -0.2) is 0 Å². The summed E-state index contributed by atoms with van der Waals surface area (Å²) in [7, 11) is 0. The third-order valence-electron chi connectivity index (χ3n) is 7.56. The average molecular weight is 673 g/mol. The van der Waals surface area contributed by atoms with E-state index in [0.29, 0.717) is 0 Å². The van der Waals surface area contributed by atoms with Crippen molar-refractivity contribution in [2.45, 2.75) is 104 Å². The Balaban J connectivity index is 2.09. The number of carbonyl (C=O) groups is 6. The molecule has 0 bridgehead atoms. The van der Waals surface area contributed by atoms with E-state index in [1.165, 1.54) is 0 Å². The molecule has 2 heterocycles. The zero-order chi connectivity index (χ0) is 35.1. The van der Waals surface area contributed by atoms with Gasteiger partial charge in [0.05, 0.1) is 6.42 Å². The van der Waals surface area contributed by atoms with Crippen LogP contribution in [0.1, 0.15) is 66.9 Å². The Morgan fingerprint density at radius 1 is 0.787 bits per heavy atom. The fraction of sp³-hybridized carbons (Fsp3) is 0.576. The number of para-hydroxylation sites is 1. The summed E-state index contributed by atoms with van der Waals surface area (Å²) >= 11 is 4.23. The number of hydrogen-bond acceptors (Lipinski definition) is 8. The minimum atomic E-state index is -1.47. The van der Waals surface area contributed by atoms with Gasteiger partial charge in [-0.3, -0.25) is 28.8 Å². The van der Waals surface area contributed by atoms with Crippen molar-refractivity contribution in [2.75, 3.05) is 5.75 Å². The first-order valence-corrected chi connectivity index (χ1v) is 16.5. The van der Waals surface area contributed by atoms with Crippen LogP contribution in [0, 0.1) is 11.8 Å². The normalized spacial score (nSPS) is 23.7. The Labute approximate surface area is 280 Å². The number of carbonyl (C=O) groups excluding carboxylic acids is 6. The zero-order valence-corrected chi connectivity index (χ0v) is 29.0. The summed E-state index contributed by atoms with van der Waals surface area (Å²) in [5.74, 6) is -4.78. The molecule has 258 valence electrons. The van der Waals surface area contributed by atoms with Crippen LogP contribution >= 0.6 is 12.6 Å². The minimum absolute atomic E-state index is 0.0188. The number of ether oxygens (including phenoxy) is 1. The van der Waals surface area contributed by atoms with Gasteiger partial charge in [0.2, 0.25) is 29.5 Å². The lowest BCUT2D eigenvalue weighted by molar-refractivity contribution is -0.156. The topological polar surface area (TPSA) is 188 Å². The van der Waals surface area contributed by atoms with Gasteiger partial charge in [0.25, 0.3) is 0 Å². The monoisotopic (exact) mass is 672 g/mol. The molecule has 1 aromatic heterocycles. The second-order valence-electron chi connectivity index (χ2n) is 13.6. The van der Waals surface area contributed by atoms with Crippen molar-refractivity contribution in [3.63, 3.8) is 0 Å². The molecule has 14 heteroatoms. The average Bonchev–Trinajstić information content (AvgIpc) is 3.38. The first-order chi connectivity index (χ1) is 22.0. The van der Waals surface area contributed by atoms with Crippen LogP contribution in [-0.2, 0) is 39.9 Å². The number of aromatic amines is 1. The van der Waals surface area contributed by atoms with Crippen LogP contribution in [0.15, 0.2) is 30.5 Å². The van der Waals surface area contributed by atoms with Crippen LogP contribution < -0.4 is 26.6 Å². The SMILES string of the molecule is CC(C)C[C@@H]1NC(=O)[C@@H](C(C)C)NC(=O)[C@H](CS)NC(=O)[C@@H](CC(=O)OC(C)(C)C)NC(=O)[C@@H](Cc2c[nH]c3ccccc23)NC1=O. The highest BCUT2D eigenvalue weighted by Gasteiger charge is 2.36. The molecule has 0 spiro atoms. The molecular formula is C33H48N6O7S. The Bertz CT molecular complexity index is 1470. The number of amides is 5. The van der Waals surface area contributed by atoms with Gasteiger partial charge < -0.3 is 36.3 Å². The molecule has 1 fully saturated rings. The number of aromatic nitrogens is 1. The molecule has 5 atom stereocenters. The summed E-state index contributed by atoms with van der Waals surface area (Å²) in [6, 6.07) is 1.49. The third kappa shape index (κ3) is 10.7. The first-order valence-electron chi connectivity index (χ1n) is 15.9. The molecule has 0 aliphatic carbocycles. The predicted molar refractivity (Wildman–Crippen MR) is 180 cm³/mol. The summed E-state index contributed by atoms with van der Waals surface area (Å²) in [4.78, 5) is 84.3. The molecule has 6 N–H and O–H groups in total. The number of esters is 1. The Morgan fingerprint density at radius 3 is 1.96 bits per heavy atom. The molecule has 1 aromatic carbocycles. The van der Waals surface area contributed by atoms with Crippen molar-refractivity contribution in [1.29, 1.82) is 0 Å². The number of benzene rings is 1. The van der Waals surface area contributed by atoms with E-state index >= 15 is 0 Å². The summed E-state index contributed by atoms with van der Waals surface area (Å²) < 4.78 is 5.42. The van der Waals surface area contributed by atoms with Gasteiger partial charge in [-0.2, -0.15) is 12.6 Å². The largest absolute Gasteiger partial charge is 0.460 e. The minimum Gasteiger partial charge on any atom is -0.460 e. The molecule has 2 aromatic rings. The zero-order valence-electron chi connectivity index (χ0n) is 28.1. The molecule has 0 saturated carbocycles. The highest BCUT2D eigenvalue weighted by molar-refractivity contribution is 7.80. The van der Waals surface area contributed by atoms with Gasteiger partial charge in [-0.05, 0) is 50.7 Å². The first kappa shape index (κ1) is 37.4. The number of nitrogens with one attached hydrogen (secondary N) is 6. The molecule has 0 radical (unpaired) electrons. The Morgan fingerprint density at radius 2 is 1.34 bits per heavy atom. The molecule has 13 nitrogen and oxygen atoms in total. The molecule has 1 aliphatic rings. The number of rotatable bonds is 8. The number of thiol groups is 1. The smallest absolute Gasteiger partial charge is 0.308 e. The van der Waals surface area contributed by atoms with Crippen molar-refractivity contribution in [3.05, 3.63) is 36.0 Å². The summed E-state index contributed by atoms with van der Waals surface area (Å²) in [6.45, 7) is 12.3. The molecule has 0 unspecified atom stereocenters. The highest BCUT2D eigenvalue weighted by atomic mass is 32.1. The lowest BCUT2D eigenvalue weighted by atomic mass is 9.98. The maximum absolute atomic E-state index is 14.0. The van der Waals surface area contributed by atoms with Crippen molar-refractivity contribution in [3.8, 4) is 0 Å². The molecule has 3 rings (SSSR count). The van der Waals surface area contributed by atoms with Crippen LogP contribution in [-0.4, -0.2) is 82.1 Å². The van der Waals surface area contributed by atoms with Crippen LogP contribution in [0.2, 0.25) is 0 Å². The second kappa shape index (κ2) is 16.2. The molecule has 1 aliphatic heterocycles. The number of hydrogen-bond donors (Lipinski definition) is 7. The summed E-state index contributed by atoms with van der Waals surface area (Å²) in [5.41, 5.74) is 0.683. The van der Waals surface area contributed by atoms with Crippen molar-refractivity contribution < 1.29 is 33.5 Å². The van der Waals surface area contributed by atoms with Crippen LogP contribution in [0.5, 0.6) is 0 Å². The van der Waals surface area contributed by atoms with Crippen molar-refractivity contribution >= 4 is 59.0 Å². The highest BCUT2D eigenvalue weighted by Crippen LogP contribution is 2.20. The van der Waals surface area contributed by atoms with Gasteiger partial charge in [-0.1, -0.05) is 45.9 Å². The van der Waals surface area contributed by atoms with E-state index in [-0.39, 0.29) is 30.4 Å². The number of H-pyrrole nitrogens is 1. The van der Waals surface area contributed by atoms with Crippen LogP contribution in [0.3, 0.4) is 0 Å². The second-order valence-corrected chi connectivity index (χ2v) is 14.0. The Kier molecular flexibility index (Phi) is 12.9.